The van der Waals surface area contributed by atoms with Gasteiger partial charge in [-0.1, -0.05) is 6.92 Å². The van der Waals surface area contributed by atoms with Gasteiger partial charge in [-0.2, -0.15) is 0 Å². The predicted octanol–water partition coefficient (Wildman–Crippen LogP) is 0.552. The number of nitrogens with zero attached hydrogens (tertiary/aromatic N) is 1. The van der Waals surface area contributed by atoms with Gasteiger partial charge in [-0.05, 0) is 18.6 Å². The molecule has 0 aliphatic rings. The largest absolute Gasteiger partial charge is 0.469 e. The number of carbonyl (C=O) groups excluding carboxylic acids is 3. The lowest BCUT2D eigenvalue weighted by Crippen LogP contribution is -2.43. The van der Waals surface area contributed by atoms with Gasteiger partial charge < -0.3 is 14.8 Å². The van der Waals surface area contributed by atoms with Gasteiger partial charge in [0.2, 0.25) is 0 Å². The van der Waals surface area contributed by atoms with Crippen LogP contribution in [0.15, 0.2) is 24.5 Å². The molecule has 7 heteroatoms. The first-order valence-electron chi connectivity index (χ1n) is 6.36. The summed E-state index contributed by atoms with van der Waals surface area (Å²) in [4.78, 5) is 39.0. The quantitative estimate of drug-likeness (QED) is 0.770. The molecule has 21 heavy (non-hydrogen) atoms. The van der Waals surface area contributed by atoms with Gasteiger partial charge >= 0.3 is 11.9 Å². The lowest BCUT2D eigenvalue weighted by Gasteiger charge is -2.19. The molecule has 0 bridgehead atoms. The Kier molecular flexibility index (Phi) is 6.32. The second kappa shape index (κ2) is 7.98. The number of rotatable bonds is 6. The zero-order valence-corrected chi connectivity index (χ0v) is 12.2. The second-order valence-electron chi connectivity index (χ2n) is 4.45. The fourth-order valence-corrected chi connectivity index (χ4v) is 1.75. The van der Waals surface area contributed by atoms with Crippen molar-refractivity contribution in [2.24, 2.45) is 5.92 Å². The molecule has 2 atom stereocenters. The molecule has 7 nitrogen and oxygen atoms in total. The summed E-state index contributed by atoms with van der Waals surface area (Å²) in [5.74, 6) is -2.06. The molecule has 0 radical (unpaired) electrons. The third-order valence-electron chi connectivity index (χ3n) is 2.93. The van der Waals surface area contributed by atoms with Gasteiger partial charge in [0, 0.05) is 18.0 Å². The van der Waals surface area contributed by atoms with Crippen LogP contribution in [0.5, 0.6) is 0 Å². The Bertz CT molecular complexity index is 503. The molecular weight excluding hydrogens is 276 g/mol. The van der Waals surface area contributed by atoms with Gasteiger partial charge in [-0.25, -0.2) is 4.79 Å². The lowest BCUT2D eigenvalue weighted by molar-refractivity contribution is -0.147. The van der Waals surface area contributed by atoms with Crippen molar-refractivity contribution in [1.29, 1.82) is 0 Å². The van der Waals surface area contributed by atoms with Crippen molar-refractivity contribution in [3.05, 3.63) is 30.1 Å². The number of carbonyl (C=O) groups is 3. The van der Waals surface area contributed by atoms with E-state index in [9.17, 15) is 14.4 Å². The average molecular weight is 294 g/mol. The van der Waals surface area contributed by atoms with E-state index in [1.165, 1.54) is 38.7 Å². The van der Waals surface area contributed by atoms with Crippen molar-refractivity contribution >= 4 is 17.8 Å². The summed E-state index contributed by atoms with van der Waals surface area (Å²) in [6, 6.07) is 2.12. The smallest absolute Gasteiger partial charge is 0.328 e. The van der Waals surface area contributed by atoms with Crippen molar-refractivity contribution < 1.29 is 23.9 Å². The van der Waals surface area contributed by atoms with Crippen LogP contribution in [-0.4, -0.2) is 43.1 Å². The maximum absolute atomic E-state index is 12.0. The zero-order valence-electron chi connectivity index (χ0n) is 12.2. The standard InChI is InChI=1S/C14H18N2O5/c1-9(13(18)20-2)8-11(14(19)21-3)16-12(17)10-4-6-15-7-5-10/h4-7,9,11H,8H2,1-3H3,(H,16,17)/t9-,11-/m1/s1. The first-order valence-corrected chi connectivity index (χ1v) is 6.36. The Labute approximate surface area is 122 Å². The van der Waals surface area contributed by atoms with Crippen LogP contribution in [-0.2, 0) is 19.1 Å². The number of methoxy groups -OCH3 is 2. The normalized spacial score (nSPS) is 12.9. The van der Waals surface area contributed by atoms with Crippen LogP contribution in [0.3, 0.4) is 0 Å². The second-order valence-corrected chi connectivity index (χ2v) is 4.45. The molecule has 1 aromatic heterocycles. The Morgan fingerprint density at radius 1 is 1.14 bits per heavy atom. The van der Waals surface area contributed by atoms with E-state index in [0.717, 1.165) is 0 Å². The zero-order chi connectivity index (χ0) is 15.8. The van der Waals surface area contributed by atoms with Crippen LogP contribution in [0.25, 0.3) is 0 Å². The summed E-state index contributed by atoms with van der Waals surface area (Å²) < 4.78 is 9.25. The number of pyridine rings is 1. The third-order valence-corrected chi connectivity index (χ3v) is 2.93. The molecule has 0 aliphatic carbocycles. The van der Waals surface area contributed by atoms with E-state index in [0.29, 0.717) is 5.56 Å². The van der Waals surface area contributed by atoms with Crippen molar-refractivity contribution in [3.63, 3.8) is 0 Å². The van der Waals surface area contributed by atoms with E-state index in [-0.39, 0.29) is 6.42 Å². The van der Waals surface area contributed by atoms with Crippen molar-refractivity contribution in [2.45, 2.75) is 19.4 Å². The minimum absolute atomic E-state index is 0.0934. The monoisotopic (exact) mass is 294 g/mol. The Hall–Kier alpha value is -2.44. The molecule has 0 aliphatic heterocycles. The highest BCUT2D eigenvalue weighted by Crippen LogP contribution is 2.10. The molecular formula is C14H18N2O5. The van der Waals surface area contributed by atoms with E-state index in [4.69, 9.17) is 0 Å². The SMILES string of the molecule is COC(=O)[C@H](C)C[C@@H](NC(=O)c1ccncc1)C(=O)OC. The number of ether oxygens (including phenoxy) is 2. The third kappa shape index (κ3) is 4.87. The average Bonchev–Trinajstić information content (AvgIpc) is 2.53. The fourth-order valence-electron chi connectivity index (χ4n) is 1.75. The van der Waals surface area contributed by atoms with Crippen LogP contribution in [0.4, 0.5) is 0 Å². The maximum Gasteiger partial charge on any atom is 0.328 e. The minimum atomic E-state index is -0.926. The van der Waals surface area contributed by atoms with Gasteiger partial charge in [-0.3, -0.25) is 14.6 Å². The first-order chi connectivity index (χ1) is 9.99. The van der Waals surface area contributed by atoms with Crippen LogP contribution in [0.1, 0.15) is 23.7 Å². The van der Waals surface area contributed by atoms with Gasteiger partial charge in [-0.15, -0.1) is 0 Å². The van der Waals surface area contributed by atoms with E-state index in [1.807, 2.05) is 0 Å². The molecule has 0 unspecified atom stereocenters. The van der Waals surface area contributed by atoms with Crippen LogP contribution in [0.2, 0.25) is 0 Å². The molecule has 0 fully saturated rings. The van der Waals surface area contributed by atoms with Crippen molar-refractivity contribution in [1.82, 2.24) is 10.3 Å². The topological polar surface area (TPSA) is 94.6 Å². The Morgan fingerprint density at radius 2 is 1.71 bits per heavy atom. The number of hydrogen-bond donors (Lipinski definition) is 1. The summed E-state index contributed by atoms with van der Waals surface area (Å²) in [5.41, 5.74) is 0.365. The Balaban J connectivity index is 2.77. The van der Waals surface area contributed by atoms with Crippen molar-refractivity contribution in [3.8, 4) is 0 Å². The molecule has 114 valence electrons. The van der Waals surface area contributed by atoms with Gasteiger partial charge in [0.25, 0.3) is 5.91 Å². The molecule has 0 aromatic carbocycles. The highest BCUT2D eigenvalue weighted by molar-refractivity contribution is 5.96. The Morgan fingerprint density at radius 3 is 2.24 bits per heavy atom. The first kappa shape index (κ1) is 16.6. The highest BCUT2D eigenvalue weighted by atomic mass is 16.5. The van der Waals surface area contributed by atoms with E-state index in [2.05, 4.69) is 19.8 Å². The van der Waals surface area contributed by atoms with Gasteiger partial charge in [0.15, 0.2) is 0 Å². The van der Waals surface area contributed by atoms with Crippen molar-refractivity contribution in [2.75, 3.05) is 14.2 Å². The number of hydrogen-bond acceptors (Lipinski definition) is 6. The lowest BCUT2D eigenvalue weighted by atomic mass is 10.0. The molecule has 0 saturated heterocycles. The van der Waals surface area contributed by atoms with E-state index < -0.39 is 29.8 Å². The summed E-state index contributed by atoms with van der Waals surface area (Å²) in [7, 11) is 2.48. The number of amides is 1. The molecule has 1 rings (SSSR count). The molecule has 0 spiro atoms. The molecule has 1 amide bonds. The summed E-state index contributed by atoms with van der Waals surface area (Å²) >= 11 is 0. The van der Waals surface area contributed by atoms with Crippen LogP contribution >= 0.6 is 0 Å². The summed E-state index contributed by atoms with van der Waals surface area (Å²) in [6.07, 6.45) is 3.04. The summed E-state index contributed by atoms with van der Waals surface area (Å²) in [6.45, 7) is 1.61. The van der Waals surface area contributed by atoms with Gasteiger partial charge in [0.1, 0.15) is 6.04 Å². The summed E-state index contributed by atoms with van der Waals surface area (Å²) in [5, 5.41) is 2.54. The maximum atomic E-state index is 12.0. The number of aromatic nitrogens is 1. The van der Waals surface area contributed by atoms with Crippen LogP contribution in [0, 0.1) is 5.92 Å². The number of nitrogens with one attached hydrogen (secondary N) is 1. The molecule has 0 saturated carbocycles. The predicted molar refractivity (Wildman–Crippen MR) is 73.3 cm³/mol. The highest BCUT2D eigenvalue weighted by Gasteiger charge is 2.27. The minimum Gasteiger partial charge on any atom is -0.469 e. The number of esters is 2. The fraction of sp³-hybridized carbons (Fsp3) is 0.429. The molecule has 1 heterocycles. The molecule has 1 N–H and O–H groups in total. The molecule has 1 aromatic rings. The van der Waals surface area contributed by atoms with E-state index in [1.54, 1.807) is 6.92 Å². The van der Waals surface area contributed by atoms with E-state index >= 15 is 0 Å². The van der Waals surface area contributed by atoms with Crippen LogP contribution < -0.4 is 5.32 Å². The van der Waals surface area contributed by atoms with Gasteiger partial charge in [0.05, 0.1) is 20.1 Å².